The molecule has 0 radical (unpaired) electrons. The van der Waals surface area contributed by atoms with Crippen LogP contribution in [0, 0.1) is 0 Å². The summed E-state index contributed by atoms with van der Waals surface area (Å²) < 4.78 is 15.6. The molecule has 18 heavy (non-hydrogen) atoms. The van der Waals surface area contributed by atoms with Crippen LogP contribution in [0.2, 0.25) is 0 Å². The Labute approximate surface area is 105 Å². The van der Waals surface area contributed by atoms with E-state index >= 15 is 0 Å². The molecule has 0 spiro atoms. The molecule has 3 rings (SSSR count). The van der Waals surface area contributed by atoms with Gasteiger partial charge < -0.3 is 19.1 Å². The highest BCUT2D eigenvalue weighted by Crippen LogP contribution is 2.32. The van der Waals surface area contributed by atoms with E-state index < -0.39 is 0 Å². The van der Waals surface area contributed by atoms with Crippen LogP contribution in [0.4, 0.5) is 0 Å². The molecule has 5 heteroatoms. The van der Waals surface area contributed by atoms with Gasteiger partial charge in [-0.1, -0.05) is 6.07 Å². The quantitative estimate of drug-likeness (QED) is 0.738. The summed E-state index contributed by atoms with van der Waals surface area (Å²) >= 11 is 0. The fourth-order valence-corrected chi connectivity index (χ4v) is 1.88. The number of rotatable bonds is 2. The van der Waals surface area contributed by atoms with Crippen LogP contribution in [0.25, 0.3) is 6.08 Å². The van der Waals surface area contributed by atoms with Gasteiger partial charge in [0.1, 0.15) is 6.73 Å². The minimum atomic E-state index is -0.0369. The molecule has 1 saturated heterocycles. The number of ether oxygens (including phenoxy) is 3. The summed E-state index contributed by atoms with van der Waals surface area (Å²) in [6.45, 7) is 1.91. The first-order valence-corrected chi connectivity index (χ1v) is 5.77. The van der Waals surface area contributed by atoms with Crippen LogP contribution < -0.4 is 9.47 Å². The molecule has 1 aromatic rings. The van der Waals surface area contributed by atoms with Crippen LogP contribution in [-0.4, -0.2) is 37.5 Å². The highest BCUT2D eigenvalue weighted by molar-refractivity contribution is 5.91. The van der Waals surface area contributed by atoms with E-state index in [0.717, 1.165) is 11.3 Å². The zero-order chi connectivity index (χ0) is 12.4. The van der Waals surface area contributed by atoms with E-state index in [1.807, 2.05) is 18.2 Å². The van der Waals surface area contributed by atoms with Gasteiger partial charge in [0, 0.05) is 12.6 Å². The topological polar surface area (TPSA) is 48.0 Å². The average Bonchev–Trinajstić information content (AvgIpc) is 3.05. The molecule has 0 unspecified atom stereocenters. The maximum Gasteiger partial charge on any atom is 0.248 e. The number of hydrogen-bond acceptors (Lipinski definition) is 4. The van der Waals surface area contributed by atoms with E-state index in [-0.39, 0.29) is 12.7 Å². The van der Waals surface area contributed by atoms with Crippen molar-refractivity contribution in [3.63, 3.8) is 0 Å². The molecular weight excluding hydrogens is 234 g/mol. The summed E-state index contributed by atoms with van der Waals surface area (Å²) in [5, 5.41) is 0. The van der Waals surface area contributed by atoms with Crippen molar-refractivity contribution in [2.75, 3.05) is 26.7 Å². The van der Waals surface area contributed by atoms with Gasteiger partial charge in [0.15, 0.2) is 11.5 Å². The number of hydrogen-bond donors (Lipinski definition) is 0. The molecule has 5 nitrogen and oxygen atoms in total. The Hall–Kier alpha value is -2.01. The Balaban J connectivity index is 1.70. The van der Waals surface area contributed by atoms with Crippen molar-refractivity contribution in [3.8, 4) is 11.5 Å². The zero-order valence-electron chi connectivity index (χ0n) is 9.80. The predicted octanol–water partition coefficient (Wildman–Crippen LogP) is 1.24. The van der Waals surface area contributed by atoms with Gasteiger partial charge in [0.2, 0.25) is 12.7 Å². The van der Waals surface area contributed by atoms with Crippen LogP contribution in [0.3, 0.4) is 0 Å². The minimum Gasteiger partial charge on any atom is -0.454 e. The third-order valence-corrected chi connectivity index (χ3v) is 2.88. The second kappa shape index (κ2) is 4.70. The molecule has 0 atom stereocenters. The molecule has 0 bridgehead atoms. The monoisotopic (exact) mass is 247 g/mol. The lowest BCUT2D eigenvalue weighted by molar-refractivity contribution is -0.126. The van der Waals surface area contributed by atoms with E-state index in [2.05, 4.69) is 0 Å². The molecule has 1 amide bonds. The summed E-state index contributed by atoms with van der Waals surface area (Å²) in [5.41, 5.74) is 0.910. The largest absolute Gasteiger partial charge is 0.454 e. The van der Waals surface area contributed by atoms with Crippen molar-refractivity contribution in [2.24, 2.45) is 0 Å². The van der Waals surface area contributed by atoms with Gasteiger partial charge >= 0.3 is 0 Å². The molecule has 94 valence electrons. The second-order valence-electron chi connectivity index (χ2n) is 4.09. The van der Waals surface area contributed by atoms with Crippen molar-refractivity contribution in [3.05, 3.63) is 29.8 Å². The van der Waals surface area contributed by atoms with Gasteiger partial charge in [-0.15, -0.1) is 0 Å². The first kappa shape index (κ1) is 11.1. The van der Waals surface area contributed by atoms with Crippen LogP contribution >= 0.6 is 0 Å². The summed E-state index contributed by atoms with van der Waals surface area (Å²) in [7, 11) is 0. The zero-order valence-corrected chi connectivity index (χ0v) is 9.80. The van der Waals surface area contributed by atoms with Crippen LogP contribution in [0.1, 0.15) is 5.56 Å². The summed E-state index contributed by atoms with van der Waals surface area (Å²) in [4.78, 5) is 13.4. The van der Waals surface area contributed by atoms with Crippen LogP contribution in [-0.2, 0) is 9.53 Å². The average molecular weight is 247 g/mol. The van der Waals surface area contributed by atoms with E-state index in [9.17, 15) is 4.79 Å². The van der Waals surface area contributed by atoms with Gasteiger partial charge in [-0.2, -0.15) is 0 Å². The number of amides is 1. The van der Waals surface area contributed by atoms with Crippen LogP contribution in [0.15, 0.2) is 24.3 Å². The number of benzene rings is 1. The molecule has 0 saturated carbocycles. The number of nitrogens with zero attached hydrogens (tertiary/aromatic N) is 1. The third kappa shape index (κ3) is 2.17. The highest BCUT2D eigenvalue weighted by Gasteiger charge is 2.16. The molecule has 1 fully saturated rings. The maximum atomic E-state index is 11.8. The Kier molecular flexibility index (Phi) is 2.90. The molecule has 0 aromatic heterocycles. The van der Waals surface area contributed by atoms with Gasteiger partial charge in [-0.05, 0) is 23.8 Å². The van der Waals surface area contributed by atoms with Gasteiger partial charge in [-0.3, -0.25) is 4.79 Å². The van der Waals surface area contributed by atoms with Crippen molar-refractivity contribution in [1.82, 2.24) is 4.90 Å². The Morgan fingerprint density at radius 3 is 3.00 bits per heavy atom. The predicted molar refractivity (Wildman–Crippen MR) is 64.1 cm³/mol. The lowest BCUT2D eigenvalue weighted by Gasteiger charge is -2.09. The Morgan fingerprint density at radius 1 is 1.28 bits per heavy atom. The summed E-state index contributed by atoms with van der Waals surface area (Å²) in [6.07, 6.45) is 3.31. The maximum absolute atomic E-state index is 11.8. The Morgan fingerprint density at radius 2 is 2.17 bits per heavy atom. The molecule has 2 aliphatic rings. The normalized spacial score (nSPS) is 17.7. The van der Waals surface area contributed by atoms with Crippen molar-refractivity contribution in [1.29, 1.82) is 0 Å². The lowest BCUT2D eigenvalue weighted by atomic mass is 10.2. The van der Waals surface area contributed by atoms with Crippen LogP contribution in [0.5, 0.6) is 11.5 Å². The fourth-order valence-electron chi connectivity index (χ4n) is 1.88. The molecular formula is C13H13NO4. The molecule has 0 aliphatic carbocycles. The van der Waals surface area contributed by atoms with Crippen molar-refractivity contribution in [2.45, 2.75) is 0 Å². The third-order valence-electron chi connectivity index (χ3n) is 2.88. The second-order valence-corrected chi connectivity index (χ2v) is 4.09. The minimum absolute atomic E-state index is 0.0369. The standard InChI is InChI=1S/C13H13NO4/c15-13(14-5-6-16-8-14)4-2-10-1-3-11-12(7-10)18-9-17-11/h1-4,7H,5-6,8-9H2/b4-2+. The number of carbonyl (C=O) groups is 1. The highest BCUT2D eigenvalue weighted by atomic mass is 16.7. The van der Waals surface area contributed by atoms with Crippen molar-refractivity contribution < 1.29 is 19.0 Å². The lowest BCUT2D eigenvalue weighted by Crippen LogP contribution is -2.26. The number of fused-ring (bicyclic) bond motifs is 1. The summed E-state index contributed by atoms with van der Waals surface area (Å²) in [5.74, 6) is 1.42. The summed E-state index contributed by atoms with van der Waals surface area (Å²) in [6, 6.07) is 5.58. The molecule has 1 aromatic carbocycles. The smallest absolute Gasteiger partial charge is 0.248 e. The van der Waals surface area contributed by atoms with Gasteiger partial charge in [-0.25, -0.2) is 0 Å². The fraction of sp³-hybridized carbons (Fsp3) is 0.308. The van der Waals surface area contributed by atoms with E-state index in [1.54, 1.807) is 17.1 Å². The van der Waals surface area contributed by atoms with E-state index in [0.29, 0.717) is 25.6 Å². The number of carbonyl (C=O) groups excluding carboxylic acids is 1. The van der Waals surface area contributed by atoms with Gasteiger partial charge in [0.25, 0.3) is 0 Å². The first-order valence-electron chi connectivity index (χ1n) is 5.77. The SMILES string of the molecule is O=C(/C=C/c1ccc2c(c1)OCO2)N1CCOC1. The Bertz CT molecular complexity index is 492. The molecule has 2 heterocycles. The van der Waals surface area contributed by atoms with Gasteiger partial charge in [0.05, 0.1) is 6.61 Å². The van der Waals surface area contributed by atoms with E-state index in [4.69, 9.17) is 14.2 Å². The molecule has 0 N–H and O–H groups in total. The van der Waals surface area contributed by atoms with Crippen molar-refractivity contribution >= 4 is 12.0 Å². The van der Waals surface area contributed by atoms with E-state index in [1.165, 1.54) is 0 Å². The first-order chi connectivity index (χ1) is 8.83. The molecule has 2 aliphatic heterocycles.